The van der Waals surface area contributed by atoms with Crippen LogP contribution >= 0.6 is 0 Å². The van der Waals surface area contributed by atoms with Crippen molar-refractivity contribution in [2.75, 3.05) is 26.8 Å². The van der Waals surface area contributed by atoms with Crippen molar-refractivity contribution >= 4 is 5.91 Å². The van der Waals surface area contributed by atoms with Crippen molar-refractivity contribution in [3.05, 3.63) is 23.8 Å². The largest absolute Gasteiger partial charge is 0.493 e. The third-order valence-electron chi connectivity index (χ3n) is 7.02. The molecule has 5 heteroatoms. The molecular weight excluding hydrogens is 366 g/mol. The minimum Gasteiger partial charge on any atom is -0.493 e. The van der Waals surface area contributed by atoms with Crippen LogP contribution in [0.25, 0.3) is 0 Å². The lowest BCUT2D eigenvalue weighted by Crippen LogP contribution is -2.38. The fourth-order valence-electron chi connectivity index (χ4n) is 4.20. The molecular formula is C24H37NO4. The average molecular weight is 404 g/mol. The summed E-state index contributed by atoms with van der Waals surface area (Å²) in [5.41, 5.74) is 0.701. The Morgan fingerprint density at radius 2 is 2.03 bits per heavy atom. The molecule has 1 aliphatic carbocycles. The van der Waals surface area contributed by atoms with Gasteiger partial charge in [0, 0.05) is 30.8 Å². The molecule has 1 aliphatic heterocycles. The highest BCUT2D eigenvalue weighted by atomic mass is 16.5. The van der Waals surface area contributed by atoms with Crippen LogP contribution in [-0.2, 0) is 4.79 Å². The zero-order valence-electron chi connectivity index (χ0n) is 18.6. The maximum atomic E-state index is 12.9. The van der Waals surface area contributed by atoms with Gasteiger partial charge in [-0.3, -0.25) is 4.79 Å². The van der Waals surface area contributed by atoms with Gasteiger partial charge in [-0.05, 0) is 49.3 Å². The molecule has 1 saturated heterocycles. The molecule has 1 saturated carbocycles. The quantitative estimate of drug-likeness (QED) is 0.670. The van der Waals surface area contributed by atoms with Crippen LogP contribution in [0.4, 0.5) is 0 Å². The lowest BCUT2D eigenvalue weighted by molar-refractivity contribution is -0.131. The number of carbonyl (C=O) groups excluding carboxylic acids is 1. The van der Waals surface area contributed by atoms with E-state index in [0.717, 1.165) is 30.1 Å². The molecule has 1 aromatic rings. The lowest BCUT2D eigenvalue weighted by atomic mass is 9.72. The predicted molar refractivity (Wildman–Crippen MR) is 114 cm³/mol. The van der Waals surface area contributed by atoms with E-state index in [4.69, 9.17) is 9.47 Å². The first-order valence-electron chi connectivity index (χ1n) is 11.0. The van der Waals surface area contributed by atoms with E-state index in [1.54, 1.807) is 7.11 Å². The van der Waals surface area contributed by atoms with Crippen molar-refractivity contribution in [2.24, 2.45) is 17.3 Å². The molecule has 2 aliphatic rings. The normalized spacial score (nSPS) is 26.3. The summed E-state index contributed by atoms with van der Waals surface area (Å²) in [4.78, 5) is 14.8. The number of nitrogens with zero attached hydrogens (tertiary/aromatic N) is 1. The predicted octanol–water partition coefficient (Wildman–Crippen LogP) is 4.23. The molecule has 162 valence electrons. The summed E-state index contributed by atoms with van der Waals surface area (Å²) in [5.74, 6) is 2.77. The van der Waals surface area contributed by atoms with Crippen molar-refractivity contribution in [1.82, 2.24) is 4.90 Å². The number of aliphatic hydroxyl groups is 1. The van der Waals surface area contributed by atoms with E-state index in [0.29, 0.717) is 31.3 Å². The van der Waals surface area contributed by atoms with E-state index in [2.05, 4.69) is 32.9 Å². The van der Waals surface area contributed by atoms with Crippen molar-refractivity contribution in [1.29, 1.82) is 0 Å². The van der Waals surface area contributed by atoms with Gasteiger partial charge in [-0.1, -0.05) is 33.3 Å². The average Bonchev–Trinajstić information content (AvgIpc) is 3.46. The lowest BCUT2D eigenvalue weighted by Gasteiger charge is -2.34. The van der Waals surface area contributed by atoms with E-state index in [-0.39, 0.29) is 11.8 Å². The van der Waals surface area contributed by atoms with Gasteiger partial charge in [-0.25, -0.2) is 0 Å². The third-order valence-corrected chi connectivity index (χ3v) is 7.02. The Morgan fingerprint density at radius 1 is 1.31 bits per heavy atom. The van der Waals surface area contributed by atoms with Crippen LogP contribution in [0.1, 0.15) is 64.9 Å². The fraction of sp³-hybridized carbons (Fsp3) is 0.708. The standard InChI is InChI=1S/C24H37NO4/c1-6-16(2)11-23(27)25-13-20(24(4,15-25)17(3)26)19-9-10-21(28-5)22(12-19)29-14-18-7-8-18/h9-10,12,16-18,20,26H,6-8,11,13-15H2,1-5H3/t16-,17-,20+,24+/m1/s1. The van der Waals surface area contributed by atoms with E-state index in [1.165, 1.54) is 12.8 Å². The number of carbonyl (C=O) groups is 1. The van der Waals surface area contributed by atoms with Gasteiger partial charge in [0.05, 0.1) is 19.8 Å². The molecule has 1 aromatic carbocycles. The molecule has 5 nitrogen and oxygen atoms in total. The minimum absolute atomic E-state index is 0.0533. The number of rotatable bonds is 9. The van der Waals surface area contributed by atoms with Gasteiger partial charge >= 0.3 is 0 Å². The highest BCUT2D eigenvalue weighted by Gasteiger charge is 2.48. The first-order chi connectivity index (χ1) is 13.8. The maximum Gasteiger partial charge on any atom is 0.222 e. The smallest absolute Gasteiger partial charge is 0.222 e. The van der Waals surface area contributed by atoms with Crippen molar-refractivity contribution in [3.63, 3.8) is 0 Å². The van der Waals surface area contributed by atoms with E-state index in [9.17, 15) is 9.90 Å². The summed E-state index contributed by atoms with van der Waals surface area (Å²) in [5, 5.41) is 10.6. The number of likely N-dealkylation sites (tertiary alicyclic amines) is 1. The molecule has 0 radical (unpaired) electrons. The van der Waals surface area contributed by atoms with Gasteiger partial charge in [-0.15, -0.1) is 0 Å². The van der Waals surface area contributed by atoms with E-state index < -0.39 is 11.5 Å². The molecule has 0 aromatic heterocycles. The molecule has 4 atom stereocenters. The maximum absolute atomic E-state index is 12.9. The Hall–Kier alpha value is -1.75. The van der Waals surface area contributed by atoms with Gasteiger partial charge in [0.2, 0.25) is 5.91 Å². The van der Waals surface area contributed by atoms with Crippen LogP contribution in [0.5, 0.6) is 11.5 Å². The summed E-state index contributed by atoms with van der Waals surface area (Å²) in [6, 6.07) is 6.05. The number of aliphatic hydroxyl groups excluding tert-OH is 1. The number of hydrogen-bond donors (Lipinski definition) is 1. The van der Waals surface area contributed by atoms with E-state index in [1.807, 2.05) is 17.9 Å². The van der Waals surface area contributed by atoms with Crippen molar-refractivity contribution in [3.8, 4) is 11.5 Å². The van der Waals surface area contributed by atoms with Crippen LogP contribution in [-0.4, -0.2) is 48.8 Å². The molecule has 3 rings (SSSR count). The number of ether oxygens (including phenoxy) is 2. The Kier molecular flexibility index (Phi) is 6.77. The Balaban J connectivity index is 1.84. The fourth-order valence-corrected chi connectivity index (χ4v) is 4.20. The molecule has 1 amide bonds. The molecule has 2 fully saturated rings. The summed E-state index contributed by atoms with van der Waals surface area (Å²) >= 11 is 0. The number of amides is 1. The Bertz CT molecular complexity index is 715. The number of methoxy groups -OCH3 is 1. The number of hydrogen-bond acceptors (Lipinski definition) is 4. The minimum atomic E-state index is -0.521. The van der Waals surface area contributed by atoms with Crippen LogP contribution < -0.4 is 9.47 Å². The summed E-state index contributed by atoms with van der Waals surface area (Å²) in [7, 11) is 1.66. The molecule has 0 unspecified atom stereocenters. The first-order valence-corrected chi connectivity index (χ1v) is 11.0. The highest BCUT2D eigenvalue weighted by Crippen LogP contribution is 2.47. The van der Waals surface area contributed by atoms with Gasteiger partial charge in [0.25, 0.3) is 0 Å². The van der Waals surface area contributed by atoms with Gasteiger partial charge in [-0.2, -0.15) is 0 Å². The summed E-state index contributed by atoms with van der Waals surface area (Å²) in [6.45, 7) is 10.1. The Morgan fingerprint density at radius 3 is 2.62 bits per heavy atom. The zero-order chi connectivity index (χ0) is 21.2. The Labute approximate surface area is 175 Å². The molecule has 0 spiro atoms. The molecule has 1 N–H and O–H groups in total. The number of benzene rings is 1. The highest BCUT2D eigenvalue weighted by molar-refractivity contribution is 5.77. The van der Waals surface area contributed by atoms with Crippen LogP contribution in [0, 0.1) is 17.3 Å². The topological polar surface area (TPSA) is 59.0 Å². The second-order valence-corrected chi connectivity index (χ2v) is 9.39. The second kappa shape index (κ2) is 8.95. The zero-order valence-corrected chi connectivity index (χ0v) is 18.6. The summed E-state index contributed by atoms with van der Waals surface area (Å²) < 4.78 is 11.5. The van der Waals surface area contributed by atoms with E-state index >= 15 is 0 Å². The van der Waals surface area contributed by atoms with Crippen molar-refractivity contribution in [2.45, 2.75) is 65.4 Å². The molecule has 0 bridgehead atoms. The second-order valence-electron chi connectivity index (χ2n) is 9.39. The van der Waals surface area contributed by atoms with Crippen molar-refractivity contribution < 1.29 is 19.4 Å². The molecule has 1 heterocycles. The van der Waals surface area contributed by atoms with Gasteiger partial charge < -0.3 is 19.5 Å². The van der Waals surface area contributed by atoms with Gasteiger partial charge in [0.15, 0.2) is 11.5 Å². The van der Waals surface area contributed by atoms with Crippen LogP contribution in [0.2, 0.25) is 0 Å². The monoisotopic (exact) mass is 403 g/mol. The third kappa shape index (κ3) is 4.88. The van der Waals surface area contributed by atoms with Crippen LogP contribution in [0.3, 0.4) is 0 Å². The molecule has 29 heavy (non-hydrogen) atoms. The van der Waals surface area contributed by atoms with Gasteiger partial charge in [0.1, 0.15) is 0 Å². The SMILES string of the molecule is CC[C@@H](C)CC(=O)N1C[C@@H](c2ccc(OC)c(OCC3CC3)c2)[C@](C)([C@@H](C)O)C1. The summed E-state index contributed by atoms with van der Waals surface area (Å²) in [6.07, 6.45) is 3.51. The first kappa shape index (κ1) is 21.9. The van der Waals surface area contributed by atoms with Crippen LogP contribution in [0.15, 0.2) is 18.2 Å².